The molecular weight excluding hydrogens is 444 g/mol. The molecule has 2 aromatic heterocycles. The number of carbonyl (C=O) groups excluding carboxylic acids is 1. The number of hydrogen-bond donors (Lipinski definition) is 0. The predicted molar refractivity (Wildman–Crippen MR) is 117 cm³/mol. The molecule has 0 saturated carbocycles. The molecule has 0 radical (unpaired) electrons. The van der Waals surface area contributed by atoms with Crippen molar-refractivity contribution in [2.75, 3.05) is 13.1 Å². The Balaban J connectivity index is 1.25. The number of nitriles is 1. The van der Waals surface area contributed by atoms with Crippen molar-refractivity contribution in [3.63, 3.8) is 0 Å². The van der Waals surface area contributed by atoms with E-state index in [9.17, 15) is 13.6 Å². The van der Waals surface area contributed by atoms with Crippen LogP contribution in [0.25, 0.3) is 11.5 Å². The third-order valence-electron chi connectivity index (χ3n) is 5.72. The van der Waals surface area contributed by atoms with Gasteiger partial charge >= 0.3 is 6.03 Å². The van der Waals surface area contributed by atoms with Crippen LogP contribution in [0.2, 0.25) is 0 Å². The number of carbonyl (C=O) groups is 1. The van der Waals surface area contributed by atoms with E-state index in [4.69, 9.17) is 10.00 Å². The molecule has 2 aliphatic heterocycles. The number of aromatic nitrogens is 3. The van der Waals surface area contributed by atoms with Crippen molar-refractivity contribution in [1.82, 2.24) is 24.4 Å². The molecule has 172 valence electrons. The molecule has 11 heteroatoms. The van der Waals surface area contributed by atoms with Crippen molar-refractivity contribution in [1.29, 1.82) is 5.26 Å². The van der Waals surface area contributed by atoms with Crippen LogP contribution in [0, 0.1) is 23.0 Å². The average molecular weight is 463 g/mol. The second-order valence-electron chi connectivity index (χ2n) is 8.05. The number of aryl methyl sites for hydroxylation is 1. The molecule has 4 heterocycles. The van der Waals surface area contributed by atoms with Gasteiger partial charge in [0.1, 0.15) is 17.6 Å². The highest BCUT2D eigenvalue weighted by Gasteiger charge is 2.39. The number of halogens is 2. The van der Waals surface area contributed by atoms with Crippen molar-refractivity contribution in [3.05, 3.63) is 65.5 Å². The fraction of sp³-hybridized carbons (Fsp3) is 0.261. The highest BCUT2D eigenvalue weighted by molar-refractivity contribution is 5.79. The van der Waals surface area contributed by atoms with Crippen molar-refractivity contribution in [2.24, 2.45) is 12.1 Å². The Kier molecular flexibility index (Phi) is 5.41. The summed E-state index contributed by atoms with van der Waals surface area (Å²) >= 11 is 0. The number of ether oxygens (including phenoxy) is 1. The van der Waals surface area contributed by atoms with E-state index in [0.29, 0.717) is 23.5 Å². The van der Waals surface area contributed by atoms with Crippen LogP contribution in [0.1, 0.15) is 23.6 Å². The van der Waals surface area contributed by atoms with Gasteiger partial charge in [-0.15, -0.1) is 0 Å². The molecule has 0 bridgehead atoms. The quantitative estimate of drug-likeness (QED) is 0.592. The summed E-state index contributed by atoms with van der Waals surface area (Å²) < 4.78 is 35.7. The third kappa shape index (κ3) is 3.94. The predicted octanol–water partition coefficient (Wildman–Crippen LogP) is 3.25. The van der Waals surface area contributed by atoms with Crippen LogP contribution in [0.3, 0.4) is 0 Å². The van der Waals surface area contributed by atoms with E-state index in [0.717, 1.165) is 6.07 Å². The van der Waals surface area contributed by atoms with E-state index >= 15 is 0 Å². The number of urea groups is 1. The molecule has 2 amide bonds. The van der Waals surface area contributed by atoms with Gasteiger partial charge in [-0.3, -0.25) is 0 Å². The maximum Gasteiger partial charge on any atom is 0.341 e. The van der Waals surface area contributed by atoms with Crippen LogP contribution in [-0.2, 0) is 7.05 Å². The SMILES string of the molecule is Cn1ccnc1-c1ccc(F)c(OC2CN(C(=O)N3N=CCC3c3cc(F)cc(C#N)c3)C2)n1. The van der Waals surface area contributed by atoms with Crippen molar-refractivity contribution in [2.45, 2.75) is 18.6 Å². The molecule has 2 aliphatic rings. The largest absolute Gasteiger partial charge is 0.468 e. The topological polar surface area (TPSA) is 99.6 Å². The Labute approximate surface area is 193 Å². The number of hydrogen-bond acceptors (Lipinski definition) is 6. The van der Waals surface area contributed by atoms with Gasteiger partial charge in [0, 0.05) is 32.1 Å². The second-order valence-corrected chi connectivity index (χ2v) is 8.05. The number of benzene rings is 1. The molecule has 0 aliphatic carbocycles. The van der Waals surface area contributed by atoms with E-state index < -0.39 is 23.8 Å². The first-order chi connectivity index (χ1) is 16.4. The summed E-state index contributed by atoms with van der Waals surface area (Å²) in [6.07, 6.45) is 4.93. The summed E-state index contributed by atoms with van der Waals surface area (Å²) in [7, 11) is 1.81. The first-order valence-electron chi connectivity index (χ1n) is 10.5. The number of rotatable bonds is 4. The Morgan fingerprint density at radius 1 is 1.24 bits per heavy atom. The lowest BCUT2D eigenvalue weighted by atomic mass is 10.0. The second kappa shape index (κ2) is 8.55. The molecule has 0 N–H and O–H groups in total. The van der Waals surface area contributed by atoms with E-state index in [2.05, 4.69) is 15.1 Å². The van der Waals surface area contributed by atoms with Gasteiger partial charge in [-0.1, -0.05) is 0 Å². The number of imidazole rings is 1. The smallest absolute Gasteiger partial charge is 0.341 e. The van der Waals surface area contributed by atoms with Gasteiger partial charge in [-0.2, -0.15) is 10.4 Å². The average Bonchev–Trinajstić information content (AvgIpc) is 3.45. The van der Waals surface area contributed by atoms with Gasteiger partial charge < -0.3 is 14.2 Å². The standard InChI is InChI=1S/C23H19F2N7O2/c1-30-7-6-27-21(30)19-3-2-18(25)22(29-19)34-17-12-31(13-17)23(33)32-20(4-5-28-32)15-8-14(11-26)9-16(24)10-15/h2-3,5-10,17,20H,4,12-13H2,1H3. The van der Waals surface area contributed by atoms with Crippen LogP contribution in [0.4, 0.5) is 13.6 Å². The Hall–Kier alpha value is -4.33. The highest BCUT2D eigenvalue weighted by atomic mass is 19.1. The number of nitrogens with zero attached hydrogens (tertiary/aromatic N) is 7. The fourth-order valence-electron chi connectivity index (χ4n) is 3.96. The van der Waals surface area contributed by atoms with Crippen LogP contribution in [-0.4, -0.2) is 55.9 Å². The van der Waals surface area contributed by atoms with Crippen molar-refractivity contribution >= 4 is 12.2 Å². The minimum absolute atomic E-state index is 0.154. The monoisotopic (exact) mass is 463 g/mol. The number of likely N-dealkylation sites (tertiary alicyclic amines) is 1. The number of amides is 2. The van der Waals surface area contributed by atoms with Crippen LogP contribution < -0.4 is 4.74 Å². The van der Waals surface area contributed by atoms with Crippen LogP contribution in [0.15, 0.2) is 47.8 Å². The molecule has 34 heavy (non-hydrogen) atoms. The lowest BCUT2D eigenvalue weighted by molar-refractivity contribution is 0.0231. The van der Waals surface area contributed by atoms with E-state index in [1.54, 1.807) is 29.2 Å². The number of hydrazone groups is 1. The van der Waals surface area contributed by atoms with Crippen LogP contribution in [0.5, 0.6) is 5.88 Å². The Morgan fingerprint density at radius 3 is 2.79 bits per heavy atom. The van der Waals surface area contributed by atoms with Gasteiger partial charge in [0.2, 0.25) is 0 Å². The minimum Gasteiger partial charge on any atom is -0.468 e. The van der Waals surface area contributed by atoms with Crippen molar-refractivity contribution < 1.29 is 18.3 Å². The molecular formula is C23H19F2N7O2. The van der Waals surface area contributed by atoms with Gasteiger partial charge in [0.05, 0.1) is 30.8 Å². The molecule has 1 atom stereocenters. The summed E-state index contributed by atoms with van der Waals surface area (Å²) in [6, 6.07) is 7.81. The summed E-state index contributed by atoms with van der Waals surface area (Å²) in [4.78, 5) is 22.9. The molecule has 1 saturated heterocycles. The van der Waals surface area contributed by atoms with Gasteiger partial charge in [-0.25, -0.2) is 28.6 Å². The zero-order chi connectivity index (χ0) is 23.8. The molecule has 0 spiro atoms. The van der Waals surface area contributed by atoms with E-state index in [1.165, 1.54) is 28.1 Å². The highest BCUT2D eigenvalue weighted by Crippen LogP contribution is 2.32. The maximum atomic E-state index is 14.3. The zero-order valence-electron chi connectivity index (χ0n) is 18.1. The van der Waals surface area contributed by atoms with Gasteiger partial charge in [-0.05, 0) is 35.9 Å². The molecule has 1 aromatic carbocycles. The first kappa shape index (κ1) is 21.5. The molecule has 1 unspecified atom stereocenters. The summed E-state index contributed by atoms with van der Waals surface area (Å²) in [5, 5.41) is 14.5. The summed E-state index contributed by atoms with van der Waals surface area (Å²) in [6.45, 7) is 0.440. The first-order valence-corrected chi connectivity index (χ1v) is 10.5. The van der Waals surface area contributed by atoms with E-state index in [-0.39, 0.29) is 30.6 Å². The zero-order valence-corrected chi connectivity index (χ0v) is 18.1. The molecule has 9 nitrogen and oxygen atoms in total. The lowest BCUT2D eigenvalue weighted by Gasteiger charge is -2.40. The van der Waals surface area contributed by atoms with Crippen LogP contribution >= 0.6 is 0 Å². The Bertz CT molecular complexity index is 1330. The molecule has 1 fully saturated rings. The molecule has 3 aromatic rings. The summed E-state index contributed by atoms with van der Waals surface area (Å²) in [5.41, 5.74) is 1.14. The minimum atomic E-state index is -0.605. The summed E-state index contributed by atoms with van der Waals surface area (Å²) in [5.74, 6) is -0.733. The molecule has 5 rings (SSSR count). The lowest BCUT2D eigenvalue weighted by Crippen LogP contribution is -2.59. The van der Waals surface area contributed by atoms with Gasteiger partial charge in [0.25, 0.3) is 5.88 Å². The maximum absolute atomic E-state index is 14.3. The third-order valence-corrected chi connectivity index (χ3v) is 5.72. The van der Waals surface area contributed by atoms with E-state index in [1.807, 2.05) is 13.1 Å². The normalized spacial score (nSPS) is 17.5. The van der Waals surface area contributed by atoms with Crippen molar-refractivity contribution in [3.8, 4) is 23.5 Å². The number of pyridine rings is 1. The fourth-order valence-corrected chi connectivity index (χ4v) is 3.96. The Morgan fingerprint density at radius 2 is 2.06 bits per heavy atom. The van der Waals surface area contributed by atoms with Gasteiger partial charge in [0.15, 0.2) is 11.6 Å².